The summed E-state index contributed by atoms with van der Waals surface area (Å²) in [5.74, 6) is 0.224. The maximum absolute atomic E-state index is 11.9. The molecule has 2 aromatic carbocycles. The fraction of sp³-hybridized carbons (Fsp3) is 0.333. The highest BCUT2D eigenvalue weighted by Crippen LogP contribution is 2.13. The Labute approximate surface area is 160 Å². The first-order valence-corrected chi connectivity index (χ1v) is 8.89. The van der Waals surface area contributed by atoms with Crippen molar-refractivity contribution in [3.63, 3.8) is 0 Å². The fourth-order valence-corrected chi connectivity index (χ4v) is 2.28. The van der Waals surface area contributed by atoms with Crippen LogP contribution < -0.4 is 21.1 Å². The summed E-state index contributed by atoms with van der Waals surface area (Å²) < 4.78 is 5.51. The van der Waals surface area contributed by atoms with E-state index in [9.17, 15) is 9.59 Å². The number of carbonyl (C=O) groups excluding carboxylic acids is 2. The Morgan fingerprint density at radius 1 is 1.04 bits per heavy atom. The van der Waals surface area contributed by atoms with Gasteiger partial charge in [-0.05, 0) is 57.0 Å². The van der Waals surface area contributed by atoms with E-state index in [0.717, 1.165) is 16.8 Å². The molecule has 2 aromatic rings. The number of hydrogen-bond donors (Lipinski definition) is 3. The van der Waals surface area contributed by atoms with E-state index in [4.69, 9.17) is 10.5 Å². The number of nitrogens with one attached hydrogen (secondary N) is 2. The van der Waals surface area contributed by atoms with Crippen molar-refractivity contribution in [3.05, 3.63) is 59.7 Å². The van der Waals surface area contributed by atoms with Crippen LogP contribution in [-0.2, 0) is 16.0 Å². The van der Waals surface area contributed by atoms with Gasteiger partial charge in [0.05, 0.1) is 5.54 Å². The lowest BCUT2D eigenvalue weighted by Crippen LogP contribution is -2.49. The van der Waals surface area contributed by atoms with Gasteiger partial charge in [-0.25, -0.2) is 0 Å². The molecule has 144 valence electrons. The quantitative estimate of drug-likeness (QED) is 0.666. The van der Waals surface area contributed by atoms with Crippen molar-refractivity contribution in [1.82, 2.24) is 5.32 Å². The summed E-state index contributed by atoms with van der Waals surface area (Å²) in [4.78, 5) is 23.6. The van der Waals surface area contributed by atoms with Crippen LogP contribution >= 0.6 is 0 Å². The summed E-state index contributed by atoms with van der Waals surface area (Å²) in [6.07, 6.45) is 0.690. The second-order valence-corrected chi connectivity index (χ2v) is 7.07. The first-order chi connectivity index (χ1) is 12.7. The third-order valence-corrected chi connectivity index (χ3v) is 3.91. The Hall–Kier alpha value is -2.86. The van der Waals surface area contributed by atoms with Gasteiger partial charge in [0.15, 0.2) is 6.61 Å². The minimum absolute atomic E-state index is 0.0607. The molecule has 27 heavy (non-hydrogen) atoms. The van der Waals surface area contributed by atoms with Crippen molar-refractivity contribution in [3.8, 4) is 5.75 Å². The first kappa shape index (κ1) is 20.5. The highest BCUT2D eigenvalue weighted by Gasteiger charge is 2.20. The van der Waals surface area contributed by atoms with Gasteiger partial charge in [0, 0.05) is 12.2 Å². The van der Waals surface area contributed by atoms with Crippen molar-refractivity contribution in [2.45, 2.75) is 32.7 Å². The average molecular weight is 369 g/mol. The summed E-state index contributed by atoms with van der Waals surface area (Å²) in [6.45, 7) is 5.78. The van der Waals surface area contributed by atoms with E-state index >= 15 is 0 Å². The molecule has 0 aromatic heterocycles. The van der Waals surface area contributed by atoms with Crippen LogP contribution in [0.1, 0.15) is 25.0 Å². The highest BCUT2D eigenvalue weighted by atomic mass is 16.5. The molecule has 0 aliphatic heterocycles. The van der Waals surface area contributed by atoms with Gasteiger partial charge >= 0.3 is 0 Å². The molecule has 2 rings (SSSR count). The Balaban J connectivity index is 1.74. The number of ether oxygens (including phenoxy) is 1. The number of hydrogen-bond acceptors (Lipinski definition) is 4. The van der Waals surface area contributed by atoms with Crippen molar-refractivity contribution >= 4 is 17.5 Å². The molecule has 0 atom stereocenters. The maximum Gasteiger partial charge on any atom is 0.262 e. The van der Waals surface area contributed by atoms with Gasteiger partial charge in [-0.2, -0.15) is 0 Å². The molecule has 4 N–H and O–H groups in total. The van der Waals surface area contributed by atoms with E-state index in [1.807, 2.05) is 55.5 Å². The van der Waals surface area contributed by atoms with Gasteiger partial charge in [-0.15, -0.1) is 0 Å². The van der Waals surface area contributed by atoms with E-state index < -0.39 is 5.54 Å². The van der Waals surface area contributed by atoms with Crippen LogP contribution in [0, 0.1) is 6.92 Å². The smallest absolute Gasteiger partial charge is 0.262 e. The standard InChI is InChI=1S/C21H27N3O3/c1-15-4-8-17(9-5-15)24-19(25)14-27-18-10-6-16(7-11-18)12-13-23-20(26)21(2,3)22/h4-11H,12-14,22H2,1-3H3,(H,23,26)(H,24,25). The number of amides is 2. The number of aryl methyl sites for hydroxylation is 1. The summed E-state index contributed by atoms with van der Waals surface area (Å²) in [5.41, 5.74) is 7.79. The molecule has 2 amide bonds. The van der Waals surface area contributed by atoms with E-state index in [-0.39, 0.29) is 18.4 Å². The van der Waals surface area contributed by atoms with Crippen LogP contribution in [0.25, 0.3) is 0 Å². The van der Waals surface area contributed by atoms with Crippen LogP contribution in [0.2, 0.25) is 0 Å². The monoisotopic (exact) mass is 369 g/mol. The SMILES string of the molecule is Cc1ccc(NC(=O)COc2ccc(CCNC(=O)C(C)(C)N)cc2)cc1. The van der Waals surface area contributed by atoms with Gasteiger partial charge in [-0.1, -0.05) is 29.8 Å². The zero-order valence-corrected chi connectivity index (χ0v) is 16.0. The second-order valence-electron chi connectivity index (χ2n) is 7.07. The average Bonchev–Trinajstić information content (AvgIpc) is 2.62. The molecule has 0 heterocycles. The van der Waals surface area contributed by atoms with Crippen molar-refractivity contribution in [2.75, 3.05) is 18.5 Å². The molecule has 0 fully saturated rings. The molecule has 0 saturated heterocycles. The van der Waals surface area contributed by atoms with Crippen LogP contribution in [0.15, 0.2) is 48.5 Å². The van der Waals surface area contributed by atoms with Crippen molar-refractivity contribution < 1.29 is 14.3 Å². The van der Waals surface area contributed by atoms with Crippen molar-refractivity contribution in [2.24, 2.45) is 5.73 Å². The molecule has 0 saturated carbocycles. The van der Waals surface area contributed by atoms with Gasteiger partial charge < -0.3 is 21.1 Å². The number of benzene rings is 2. The van der Waals surface area contributed by atoms with Crippen LogP contribution in [-0.4, -0.2) is 30.5 Å². The van der Waals surface area contributed by atoms with Gasteiger partial charge in [-0.3, -0.25) is 9.59 Å². The third-order valence-electron chi connectivity index (χ3n) is 3.91. The Morgan fingerprint density at radius 2 is 1.67 bits per heavy atom. The topological polar surface area (TPSA) is 93.5 Å². The van der Waals surface area contributed by atoms with Gasteiger partial charge in [0.2, 0.25) is 5.91 Å². The Bertz CT molecular complexity index is 763. The lowest BCUT2D eigenvalue weighted by Gasteiger charge is -2.17. The maximum atomic E-state index is 11.9. The molecule has 0 aliphatic carbocycles. The molecule has 6 heteroatoms. The zero-order valence-electron chi connectivity index (χ0n) is 16.0. The van der Waals surface area contributed by atoms with Crippen LogP contribution in [0.4, 0.5) is 5.69 Å². The van der Waals surface area contributed by atoms with Gasteiger partial charge in [0.1, 0.15) is 5.75 Å². The molecule has 0 bridgehead atoms. The normalized spacial score (nSPS) is 11.0. The number of rotatable bonds is 8. The summed E-state index contributed by atoms with van der Waals surface area (Å²) in [6, 6.07) is 15.0. The van der Waals surface area contributed by atoms with Crippen LogP contribution in [0.3, 0.4) is 0 Å². The first-order valence-electron chi connectivity index (χ1n) is 8.89. The third kappa shape index (κ3) is 7.11. The van der Waals surface area contributed by atoms with E-state index in [1.165, 1.54) is 0 Å². The molecule has 6 nitrogen and oxygen atoms in total. The largest absolute Gasteiger partial charge is 0.484 e. The Morgan fingerprint density at radius 3 is 2.26 bits per heavy atom. The lowest BCUT2D eigenvalue weighted by atomic mass is 10.1. The minimum Gasteiger partial charge on any atom is -0.484 e. The second kappa shape index (κ2) is 9.19. The van der Waals surface area contributed by atoms with E-state index in [2.05, 4.69) is 10.6 Å². The van der Waals surface area contributed by atoms with Crippen LogP contribution in [0.5, 0.6) is 5.75 Å². The Kier molecular flexibility index (Phi) is 6.96. The van der Waals surface area contributed by atoms with E-state index in [1.54, 1.807) is 13.8 Å². The molecule has 0 radical (unpaired) electrons. The zero-order chi connectivity index (χ0) is 19.9. The predicted octanol–water partition coefficient (Wildman–Crippen LogP) is 2.41. The molecular weight excluding hydrogens is 342 g/mol. The highest BCUT2D eigenvalue weighted by molar-refractivity contribution is 5.91. The number of nitrogens with two attached hydrogens (primary N) is 1. The number of carbonyl (C=O) groups is 2. The predicted molar refractivity (Wildman–Crippen MR) is 107 cm³/mol. The summed E-state index contributed by atoms with van der Waals surface area (Å²) in [7, 11) is 0. The number of anilines is 1. The van der Waals surface area contributed by atoms with Gasteiger partial charge in [0.25, 0.3) is 5.91 Å². The summed E-state index contributed by atoms with van der Waals surface area (Å²) in [5, 5.41) is 5.59. The fourth-order valence-electron chi connectivity index (χ4n) is 2.28. The lowest BCUT2D eigenvalue weighted by molar-refractivity contribution is -0.125. The van der Waals surface area contributed by atoms with Crippen molar-refractivity contribution in [1.29, 1.82) is 0 Å². The molecule has 0 unspecified atom stereocenters. The molecular formula is C21H27N3O3. The molecule has 0 aliphatic rings. The van der Waals surface area contributed by atoms with E-state index in [0.29, 0.717) is 18.7 Å². The molecule has 0 spiro atoms. The minimum atomic E-state index is -0.878. The summed E-state index contributed by atoms with van der Waals surface area (Å²) >= 11 is 0.